The number of carbonyl (C=O) groups excluding carboxylic acids is 2. The van der Waals surface area contributed by atoms with Crippen molar-refractivity contribution >= 4 is 28.9 Å². The number of ether oxygens (including phenoxy) is 1. The predicted molar refractivity (Wildman–Crippen MR) is 137 cm³/mol. The summed E-state index contributed by atoms with van der Waals surface area (Å²) in [5, 5.41) is 52.7. The van der Waals surface area contributed by atoms with Crippen LogP contribution in [-0.4, -0.2) is 97.2 Å². The van der Waals surface area contributed by atoms with Gasteiger partial charge in [0, 0.05) is 11.9 Å². The maximum atomic E-state index is 13.5. The number of thiazole rings is 1. The number of aliphatic hydroxyl groups excluding tert-OH is 4. The van der Waals surface area contributed by atoms with Gasteiger partial charge in [0.25, 0.3) is 0 Å². The summed E-state index contributed by atoms with van der Waals surface area (Å²) < 4.78 is 5.17. The lowest BCUT2D eigenvalue weighted by Gasteiger charge is -2.39. The third-order valence-corrected chi connectivity index (χ3v) is 8.41. The van der Waals surface area contributed by atoms with Crippen molar-refractivity contribution in [1.29, 1.82) is 5.41 Å². The average Bonchev–Trinajstić information content (AvgIpc) is 3.60. The molecule has 10 N–H and O–H groups in total. The van der Waals surface area contributed by atoms with Crippen molar-refractivity contribution in [3.05, 3.63) is 28.2 Å². The predicted octanol–water partition coefficient (Wildman–Crippen LogP) is -1.55. The van der Waals surface area contributed by atoms with Crippen LogP contribution in [0.1, 0.15) is 55.4 Å². The van der Waals surface area contributed by atoms with Crippen molar-refractivity contribution in [1.82, 2.24) is 15.2 Å². The molecular weight excluding hydrogens is 516 g/mol. The Morgan fingerprint density at radius 1 is 1.18 bits per heavy atom. The zero-order valence-electron chi connectivity index (χ0n) is 20.8. The van der Waals surface area contributed by atoms with Gasteiger partial charge >= 0.3 is 0 Å². The Balaban J connectivity index is 1.50. The normalized spacial score (nSPS) is 32.1. The molecule has 210 valence electrons. The molecule has 3 aliphatic rings. The van der Waals surface area contributed by atoms with Crippen LogP contribution >= 0.6 is 11.3 Å². The molecule has 1 aliphatic carbocycles. The van der Waals surface area contributed by atoms with Gasteiger partial charge in [0.1, 0.15) is 53.2 Å². The highest BCUT2D eigenvalue weighted by Gasteiger charge is 2.48. The van der Waals surface area contributed by atoms with Gasteiger partial charge in [-0.05, 0) is 12.3 Å². The highest BCUT2D eigenvalue weighted by molar-refractivity contribution is 7.09. The van der Waals surface area contributed by atoms with Crippen LogP contribution in [0, 0.1) is 11.3 Å². The monoisotopic (exact) mass is 552 g/mol. The SMILES string of the molecule is N=C(N)c1csc(C(N)N2CC=CC2C(=O)N[C@@H](CC2CCCCC2)C(=O)[C@@H]2O[C@H](O)[C@@H](O)[C@@H](O)[C@@H]2O)n1. The van der Waals surface area contributed by atoms with E-state index in [9.17, 15) is 30.0 Å². The summed E-state index contributed by atoms with van der Waals surface area (Å²) in [4.78, 5) is 33.0. The number of hydrogen-bond donors (Lipinski definition) is 8. The Morgan fingerprint density at radius 3 is 2.55 bits per heavy atom. The molecule has 1 aromatic heterocycles. The Labute approximate surface area is 224 Å². The number of amides is 1. The lowest BCUT2D eigenvalue weighted by molar-refractivity contribution is -0.275. The summed E-state index contributed by atoms with van der Waals surface area (Å²) in [5.74, 6) is -1.20. The molecule has 3 heterocycles. The third kappa shape index (κ3) is 6.13. The van der Waals surface area contributed by atoms with E-state index in [1.165, 1.54) is 11.3 Å². The van der Waals surface area contributed by atoms with Gasteiger partial charge in [-0.1, -0.05) is 44.3 Å². The van der Waals surface area contributed by atoms with Crippen molar-refractivity contribution in [2.75, 3.05) is 6.54 Å². The molecule has 2 unspecified atom stereocenters. The first-order chi connectivity index (χ1) is 18.1. The number of nitrogens with zero attached hydrogens (tertiary/aromatic N) is 2. The summed E-state index contributed by atoms with van der Waals surface area (Å²) >= 11 is 1.22. The van der Waals surface area contributed by atoms with Crippen LogP contribution in [0.15, 0.2) is 17.5 Å². The van der Waals surface area contributed by atoms with Crippen molar-refractivity contribution in [3.8, 4) is 0 Å². The minimum absolute atomic E-state index is 0.164. The molecule has 0 bridgehead atoms. The second kappa shape index (κ2) is 12.3. The number of nitrogen functional groups attached to an aromatic ring is 1. The lowest BCUT2D eigenvalue weighted by atomic mass is 9.82. The van der Waals surface area contributed by atoms with E-state index in [0.717, 1.165) is 32.1 Å². The number of rotatable bonds is 9. The molecule has 1 saturated carbocycles. The second-order valence-corrected chi connectivity index (χ2v) is 11.0. The fourth-order valence-corrected chi connectivity index (χ4v) is 6.14. The quantitative estimate of drug-likeness (QED) is 0.0993. The average molecular weight is 553 g/mol. The van der Waals surface area contributed by atoms with Crippen LogP contribution in [0.3, 0.4) is 0 Å². The van der Waals surface area contributed by atoms with Crippen LogP contribution in [0.25, 0.3) is 0 Å². The topological polar surface area (TPSA) is 228 Å². The molecule has 0 spiro atoms. The molecule has 2 fully saturated rings. The fraction of sp³-hybridized carbons (Fsp3) is 0.667. The zero-order chi connectivity index (χ0) is 27.6. The maximum absolute atomic E-state index is 13.5. The highest BCUT2D eigenvalue weighted by Crippen LogP contribution is 2.30. The van der Waals surface area contributed by atoms with Gasteiger partial charge < -0.3 is 41.9 Å². The first kappa shape index (κ1) is 28.7. The van der Waals surface area contributed by atoms with E-state index in [1.807, 2.05) is 0 Å². The van der Waals surface area contributed by atoms with E-state index in [2.05, 4.69) is 10.3 Å². The second-order valence-electron chi connectivity index (χ2n) is 10.1. The van der Waals surface area contributed by atoms with Gasteiger partial charge in [-0.15, -0.1) is 11.3 Å². The van der Waals surface area contributed by atoms with Gasteiger partial charge in [-0.25, -0.2) is 4.98 Å². The highest BCUT2D eigenvalue weighted by atomic mass is 32.1. The standard InChI is InChI=1S/C24H36N6O7S/c25-20(26)13-10-38-23(29-13)21(27)30-8-4-7-14(30)22(35)28-12(9-11-5-2-1-3-6-11)15(31)19-17(33)16(32)18(34)24(36)37-19/h4,7,10-12,14,16-19,21,24,32-34,36H,1-3,5-6,8-9,27H2,(H3,25,26)(H,28,35)/t12-,14?,16-,17-,18-,19-,21?,24-/m0/s1. The molecule has 1 aromatic rings. The van der Waals surface area contributed by atoms with Gasteiger partial charge in [0.2, 0.25) is 5.91 Å². The first-order valence-electron chi connectivity index (χ1n) is 12.8. The number of Topliss-reactive ketones (excluding diaryl/α,β-unsaturated/α-hetero) is 1. The summed E-state index contributed by atoms with van der Waals surface area (Å²) in [7, 11) is 0. The molecule has 8 atom stereocenters. The van der Waals surface area contributed by atoms with E-state index in [0.29, 0.717) is 23.7 Å². The lowest BCUT2D eigenvalue weighted by Crippen LogP contribution is -2.63. The van der Waals surface area contributed by atoms with E-state index in [1.54, 1.807) is 22.4 Å². The molecule has 4 rings (SSSR count). The van der Waals surface area contributed by atoms with Crippen molar-refractivity contribution in [2.45, 2.75) is 87.5 Å². The first-order valence-corrected chi connectivity index (χ1v) is 13.7. The minimum Gasteiger partial charge on any atom is -0.387 e. The summed E-state index contributed by atoms with van der Waals surface area (Å²) in [6.45, 7) is 0.357. The molecule has 0 radical (unpaired) electrons. The minimum atomic E-state index is -1.86. The van der Waals surface area contributed by atoms with Crippen molar-refractivity contribution in [3.63, 3.8) is 0 Å². The van der Waals surface area contributed by atoms with Gasteiger partial charge in [0.05, 0.1) is 6.04 Å². The summed E-state index contributed by atoms with van der Waals surface area (Å²) in [6, 6.07) is -1.87. The summed E-state index contributed by atoms with van der Waals surface area (Å²) in [5.41, 5.74) is 12.2. The van der Waals surface area contributed by atoms with Crippen LogP contribution in [-0.2, 0) is 14.3 Å². The number of aromatic nitrogens is 1. The van der Waals surface area contributed by atoms with Crippen LogP contribution in [0.5, 0.6) is 0 Å². The molecular formula is C24H36N6O7S. The Kier molecular flexibility index (Phi) is 9.26. The van der Waals surface area contributed by atoms with Crippen molar-refractivity contribution < 1.29 is 34.8 Å². The Bertz CT molecular complexity index is 1050. The zero-order valence-corrected chi connectivity index (χ0v) is 21.7. The number of amidine groups is 1. The fourth-order valence-electron chi connectivity index (χ4n) is 5.30. The summed E-state index contributed by atoms with van der Waals surface area (Å²) in [6.07, 6.45) is -0.926. The van der Waals surface area contributed by atoms with Crippen LogP contribution in [0.4, 0.5) is 0 Å². The number of nitrogens with one attached hydrogen (secondary N) is 2. The number of nitrogens with two attached hydrogens (primary N) is 2. The third-order valence-electron chi connectivity index (χ3n) is 7.49. The molecule has 2 aliphatic heterocycles. The number of hydrogen-bond acceptors (Lipinski definition) is 12. The van der Waals surface area contributed by atoms with E-state index in [4.69, 9.17) is 21.6 Å². The van der Waals surface area contributed by atoms with E-state index in [-0.39, 0.29) is 11.8 Å². The Hall–Kier alpha value is -2.30. The molecule has 1 saturated heterocycles. The smallest absolute Gasteiger partial charge is 0.241 e. The van der Waals surface area contributed by atoms with Gasteiger partial charge in [0.15, 0.2) is 12.1 Å². The molecule has 1 amide bonds. The molecule has 0 aromatic carbocycles. The van der Waals surface area contributed by atoms with E-state index >= 15 is 0 Å². The number of ketones is 1. The number of carbonyl (C=O) groups is 2. The molecule has 14 heteroatoms. The van der Waals surface area contributed by atoms with Crippen LogP contribution < -0.4 is 16.8 Å². The maximum Gasteiger partial charge on any atom is 0.241 e. The van der Waals surface area contributed by atoms with Crippen LogP contribution in [0.2, 0.25) is 0 Å². The Morgan fingerprint density at radius 2 is 1.89 bits per heavy atom. The molecule has 13 nitrogen and oxygen atoms in total. The van der Waals surface area contributed by atoms with Gasteiger partial charge in [-0.2, -0.15) is 0 Å². The van der Waals surface area contributed by atoms with Gasteiger partial charge in [-0.3, -0.25) is 19.9 Å². The molecule has 38 heavy (non-hydrogen) atoms. The van der Waals surface area contributed by atoms with Crippen molar-refractivity contribution in [2.24, 2.45) is 17.4 Å². The van der Waals surface area contributed by atoms with E-state index < -0.39 is 60.6 Å². The number of aliphatic hydroxyl groups is 4. The largest absolute Gasteiger partial charge is 0.387 e.